The molecule has 2 unspecified atom stereocenters. The summed E-state index contributed by atoms with van der Waals surface area (Å²) in [6.07, 6.45) is 10.6. The van der Waals surface area contributed by atoms with E-state index in [9.17, 15) is 0 Å². The third-order valence-electron chi connectivity index (χ3n) is 4.61. The minimum atomic E-state index is 0.824. The Kier molecular flexibility index (Phi) is 2.18. The second-order valence-electron chi connectivity index (χ2n) is 5.18. The van der Waals surface area contributed by atoms with Gasteiger partial charge in [0.2, 0.25) is 0 Å². The second kappa shape index (κ2) is 3.05. The Morgan fingerprint density at radius 2 is 2.00 bits per heavy atom. The van der Waals surface area contributed by atoms with Gasteiger partial charge in [-0.1, -0.05) is 33.1 Å². The molecular weight excluding hydrogens is 144 g/mol. The molecule has 0 aromatic rings. The smallest absolute Gasteiger partial charge is 0.0272 e. The molecule has 0 aromatic carbocycles. The van der Waals surface area contributed by atoms with Gasteiger partial charge in [-0.2, -0.15) is 0 Å². The third kappa shape index (κ3) is 1.20. The first-order valence-electron chi connectivity index (χ1n) is 5.77. The lowest BCUT2D eigenvalue weighted by molar-refractivity contribution is 0.0452. The molecule has 70 valence electrons. The fraction of sp³-hybridized carbons (Fsp3) is 1.00. The Bertz CT molecular complexity index is 150. The van der Waals surface area contributed by atoms with Crippen LogP contribution in [0.2, 0.25) is 0 Å². The van der Waals surface area contributed by atoms with E-state index >= 15 is 0 Å². The molecule has 0 radical (unpaired) electrons. The maximum atomic E-state index is 2.43. The van der Waals surface area contributed by atoms with E-state index in [-0.39, 0.29) is 0 Å². The Morgan fingerprint density at radius 1 is 1.25 bits per heavy atom. The zero-order valence-corrected chi connectivity index (χ0v) is 8.60. The van der Waals surface area contributed by atoms with E-state index in [1.165, 1.54) is 32.1 Å². The van der Waals surface area contributed by atoms with Gasteiger partial charge in [-0.25, -0.2) is 0 Å². The Hall–Kier alpha value is 0. The Balaban J connectivity index is 1.98. The molecule has 0 nitrogen and oxygen atoms in total. The minimum Gasteiger partial charge on any atom is -0.0648 e. The van der Waals surface area contributed by atoms with Crippen LogP contribution in [0.3, 0.4) is 0 Å². The second-order valence-corrected chi connectivity index (χ2v) is 5.18. The molecule has 2 saturated carbocycles. The molecule has 2 rings (SSSR count). The zero-order valence-electron chi connectivity index (χ0n) is 8.60. The van der Waals surface area contributed by atoms with Gasteiger partial charge in [0, 0.05) is 0 Å². The van der Waals surface area contributed by atoms with Crippen LogP contribution in [-0.4, -0.2) is 0 Å². The van der Waals surface area contributed by atoms with Gasteiger partial charge in [-0.3, -0.25) is 0 Å². The molecule has 0 N–H and O–H groups in total. The lowest BCUT2D eigenvalue weighted by Crippen LogP contribution is -2.35. The molecule has 0 amide bonds. The normalized spacial score (nSPS) is 39.5. The van der Waals surface area contributed by atoms with E-state index in [4.69, 9.17) is 0 Å². The highest BCUT2D eigenvalue weighted by molar-refractivity contribution is 4.95. The predicted molar refractivity (Wildman–Crippen MR) is 53.1 cm³/mol. The quantitative estimate of drug-likeness (QED) is 0.581. The summed E-state index contributed by atoms with van der Waals surface area (Å²) in [5.41, 5.74) is 0.824. The monoisotopic (exact) mass is 166 g/mol. The molecule has 0 saturated heterocycles. The van der Waals surface area contributed by atoms with Crippen LogP contribution in [0, 0.1) is 17.3 Å². The van der Waals surface area contributed by atoms with Gasteiger partial charge in [-0.05, 0) is 42.9 Å². The van der Waals surface area contributed by atoms with Crippen molar-refractivity contribution in [2.24, 2.45) is 17.3 Å². The molecule has 0 bridgehead atoms. The first-order chi connectivity index (χ1) is 5.77. The van der Waals surface area contributed by atoms with Gasteiger partial charge >= 0.3 is 0 Å². The molecule has 2 atom stereocenters. The van der Waals surface area contributed by atoms with Gasteiger partial charge in [-0.15, -0.1) is 0 Å². The molecule has 0 aromatic heterocycles. The van der Waals surface area contributed by atoms with Gasteiger partial charge in [0.25, 0.3) is 0 Å². The molecule has 0 aliphatic heterocycles. The molecule has 0 heteroatoms. The van der Waals surface area contributed by atoms with E-state index < -0.39 is 0 Å². The summed E-state index contributed by atoms with van der Waals surface area (Å²) in [5, 5.41) is 0. The van der Waals surface area contributed by atoms with Crippen molar-refractivity contribution in [3.8, 4) is 0 Å². The average molecular weight is 166 g/mol. The fourth-order valence-electron chi connectivity index (χ4n) is 3.44. The predicted octanol–water partition coefficient (Wildman–Crippen LogP) is 4.00. The van der Waals surface area contributed by atoms with Crippen molar-refractivity contribution in [3.63, 3.8) is 0 Å². The van der Waals surface area contributed by atoms with Crippen LogP contribution in [0.15, 0.2) is 0 Å². The maximum absolute atomic E-state index is 2.43. The van der Waals surface area contributed by atoms with Crippen molar-refractivity contribution >= 4 is 0 Å². The molecule has 2 fully saturated rings. The van der Waals surface area contributed by atoms with E-state index in [0.717, 1.165) is 17.3 Å². The number of hydrogen-bond donors (Lipinski definition) is 0. The lowest BCUT2D eigenvalue weighted by atomic mass is 9.59. The van der Waals surface area contributed by atoms with Gasteiger partial charge in [0.05, 0.1) is 0 Å². The van der Waals surface area contributed by atoms with Crippen LogP contribution in [0.25, 0.3) is 0 Å². The highest BCUT2D eigenvalue weighted by Gasteiger charge is 2.44. The summed E-state index contributed by atoms with van der Waals surface area (Å²) in [5.74, 6) is 2.13. The summed E-state index contributed by atoms with van der Waals surface area (Å²) in [6, 6.07) is 0. The van der Waals surface area contributed by atoms with E-state index in [1.807, 2.05) is 0 Å². The van der Waals surface area contributed by atoms with Crippen LogP contribution in [0.4, 0.5) is 0 Å². The number of hydrogen-bond acceptors (Lipinski definition) is 0. The fourth-order valence-corrected chi connectivity index (χ4v) is 3.44. The first kappa shape index (κ1) is 8.59. The van der Waals surface area contributed by atoms with Gasteiger partial charge in [0.1, 0.15) is 0 Å². The average Bonchev–Trinajstić information content (AvgIpc) is 2.35. The third-order valence-corrected chi connectivity index (χ3v) is 4.61. The highest BCUT2D eigenvalue weighted by atomic mass is 14.5. The topological polar surface area (TPSA) is 0 Å². The Morgan fingerprint density at radius 3 is 2.33 bits per heavy atom. The van der Waals surface area contributed by atoms with E-state index in [0.29, 0.717) is 0 Å². The van der Waals surface area contributed by atoms with Crippen molar-refractivity contribution < 1.29 is 0 Å². The van der Waals surface area contributed by atoms with Crippen LogP contribution in [-0.2, 0) is 0 Å². The van der Waals surface area contributed by atoms with Crippen molar-refractivity contribution in [2.75, 3.05) is 0 Å². The number of rotatable bonds is 2. The van der Waals surface area contributed by atoms with E-state index in [2.05, 4.69) is 13.8 Å². The van der Waals surface area contributed by atoms with Crippen molar-refractivity contribution in [1.82, 2.24) is 0 Å². The minimum absolute atomic E-state index is 0.824. The molecule has 12 heavy (non-hydrogen) atoms. The van der Waals surface area contributed by atoms with Crippen LogP contribution < -0.4 is 0 Å². The molecule has 2 aliphatic rings. The summed E-state index contributed by atoms with van der Waals surface area (Å²) in [4.78, 5) is 0. The molecule has 2 aliphatic carbocycles. The largest absolute Gasteiger partial charge is 0.0648 e. The van der Waals surface area contributed by atoms with Crippen LogP contribution in [0.1, 0.15) is 58.8 Å². The summed E-state index contributed by atoms with van der Waals surface area (Å²) < 4.78 is 0. The SMILES string of the molecule is CCC1(C2CCC(C)C2)CCC1. The summed E-state index contributed by atoms with van der Waals surface area (Å²) >= 11 is 0. The summed E-state index contributed by atoms with van der Waals surface area (Å²) in [7, 11) is 0. The highest BCUT2D eigenvalue weighted by Crippen LogP contribution is 2.55. The van der Waals surface area contributed by atoms with Crippen molar-refractivity contribution in [3.05, 3.63) is 0 Å². The summed E-state index contributed by atoms with van der Waals surface area (Å²) in [6.45, 7) is 4.84. The Labute approximate surface area is 76.7 Å². The van der Waals surface area contributed by atoms with Gasteiger partial charge < -0.3 is 0 Å². The maximum Gasteiger partial charge on any atom is -0.0272 e. The van der Waals surface area contributed by atoms with Gasteiger partial charge in [0.15, 0.2) is 0 Å². The van der Waals surface area contributed by atoms with Crippen LogP contribution in [0.5, 0.6) is 0 Å². The van der Waals surface area contributed by atoms with Crippen molar-refractivity contribution in [2.45, 2.75) is 58.8 Å². The van der Waals surface area contributed by atoms with Crippen LogP contribution >= 0.6 is 0 Å². The van der Waals surface area contributed by atoms with E-state index in [1.54, 1.807) is 12.8 Å². The molecule has 0 spiro atoms. The first-order valence-corrected chi connectivity index (χ1v) is 5.77. The molecule has 0 heterocycles. The lowest BCUT2D eigenvalue weighted by Gasteiger charge is -2.46. The molecular formula is C12H22. The zero-order chi connectivity index (χ0) is 8.60. The standard InChI is InChI=1S/C12H22/c1-3-12(7-4-8-12)11-6-5-10(2)9-11/h10-11H,3-9H2,1-2H3. The van der Waals surface area contributed by atoms with Crippen molar-refractivity contribution in [1.29, 1.82) is 0 Å².